The van der Waals surface area contributed by atoms with Gasteiger partial charge in [-0.1, -0.05) is 0 Å². The molecule has 0 atom stereocenters. The highest BCUT2D eigenvalue weighted by molar-refractivity contribution is 5.97. The van der Waals surface area contributed by atoms with Crippen molar-refractivity contribution in [1.29, 1.82) is 0 Å². The second kappa shape index (κ2) is 7.88. The number of hydrogen-bond donors (Lipinski definition) is 3. The Morgan fingerprint density at radius 3 is 2.27 bits per heavy atom. The minimum atomic E-state index is -0.542. The molecule has 3 rings (SSSR count). The predicted molar refractivity (Wildman–Crippen MR) is 99.9 cm³/mol. The van der Waals surface area contributed by atoms with Gasteiger partial charge in [0.2, 0.25) is 11.9 Å². The first-order valence-electron chi connectivity index (χ1n) is 9.35. The van der Waals surface area contributed by atoms with E-state index in [4.69, 9.17) is 5.73 Å². The topological polar surface area (TPSA) is 113 Å². The summed E-state index contributed by atoms with van der Waals surface area (Å²) in [4.78, 5) is 34.2. The molecule has 2 saturated carbocycles. The van der Waals surface area contributed by atoms with E-state index < -0.39 is 5.91 Å². The van der Waals surface area contributed by atoms with E-state index >= 15 is 0 Å². The van der Waals surface area contributed by atoms with Crippen molar-refractivity contribution in [3.8, 4) is 0 Å². The molecule has 26 heavy (non-hydrogen) atoms. The zero-order chi connectivity index (χ0) is 18.7. The molecule has 2 fully saturated rings. The van der Waals surface area contributed by atoms with Crippen LogP contribution < -0.4 is 16.4 Å². The Balaban J connectivity index is 1.65. The third kappa shape index (κ3) is 4.23. The van der Waals surface area contributed by atoms with Crippen molar-refractivity contribution in [1.82, 2.24) is 14.9 Å². The summed E-state index contributed by atoms with van der Waals surface area (Å²) in [6.45, 7) is 0. The summed E-state index contributed by atoms with van der Waals surface area (Å²) in [7, 11) is 3.59. The number of nitrogens with zero attached hydrogens (tertiary/aromatic N) is 3. The fourth-order valence-electron chi connectivity index (χ4n) is 3.52. The van der Waals surface area contributed by atoms with Gasteiger partial charge in [-0.25, -0.2) is 4.98 Å². The highest BCUT2D eigenvalue weighted by Crippen LogP contribution is 2.29. The summed E-state index contributed by atoms with van der Waals surface area (Å²) >= 11 is 0. The molecule has 0 spiro atoms. The van der Waals surface area contributed by atoms with Crippen molar-refractivity contribution in [2.24, 2.45) is 11.7 Å². The van der Waals surface area contributed by atoms with Crippen molar-refractivity contribution in [3.63, 3.8) is 0 Å². The average molecular weight is 360 g/mol. The second-order valence-corrected chi connectivity index (χ2v) is 7.52. The molecule has 142 valence electrons. The van der Waals surface area contributed by atoms with Crippen LogP contribution in [0.4, 0.5) is 11.8 Å². The van der Waals surface area contributed by atoms with Gasteiger partial charge in [0.15, 0.2) is 0 Å². The number of nitrogens with two attached hydrogens (primary N) is 1. The number of hydrogen-bond acceptors (Lipinski definition) is 6. The highest BCUT2D eigenvalue weighted by Gasteiger charge is 2.28. The second-order valence-electron chi connectivity index (χ2n) is 7.52. The van der Waals surface area contributed by atoms with E-state index in [0.717, 1.165) is 38.5 Å². The Morgan fingerprint density at radius 2 is 1.73 bits per heavy atom. The van der Waals surface area contributed by atoms with Crippen LogP contribution in [0.2, 0.25) is 0 Å². The lowest BCUT2D eigenvalue weighted by Crippen LogP contribution is -2.35. The monoisotopic (exact) mass is 360 g/mol. The molecule has 2 amide bonds. The van der Waals surface area contributed by atoms with Gasteiger partial charge in [-0.15, -0.1) is 0 Å². The zero-order valence-electron chi connectivity index (χ0n) is 15.5. The molecule has 0 saturated heterocycles. The Kier molecular flexibility index (Phi) is 5.58. The molecule has 0 aromatic carbocycles. The molecular weight excluding hydrogens is 332 g/mol. The van der Waals surface area contributed by atoms with Gasteiger partial charge in [0.25, 0.3) is 5.91 Å². The van der Waals surface area contributed by atoms with Gasteiger partial charge in [0.05, 0.1) is 5.56 Å². The lowest BCUT2D eigenvalue weighted by atomic mass is 9.85. The van der Waals surface area contributed by atoms with E-state index in [0.29, 0.717) is 23.4 Å². The van der Waals surface area contributed by atoms with Gasteiger partial charge in [-0.2, -0.15) is 4.98 Å². The number of amides is 2. The van der Waals surface area contributed by atoms with Gasteiger partial charge >= 0.3 is 0 Å². The quantitative estimate of drug-likeness (QED) is 0.710. The molecule has 0 unspecified atom stereocenters. The third-order valence-corrected chi connectivity index (χ3v) is 5.35. The molecule has 2 aliphatic carbocycles. The predicted octanol–water partition coefficient (Wildman–Crippen LogP) is 1.60. The zero-order valence-corrected chi connectivity index (χ0v) is 15.5. The Labute approximate surface area is 153 Å². The van der Waals surface area contributed by atoms with E-state index in [1.807, 2.05) is 0 Å². The standard InChI is InChI=1S/C18H28N6O2/c1-24(2)17(26)11-6-8-13(9-7-11)21-16-14(15(19)25)10-20-18(23-16)22-12-4-3-5-12/h10-13H,3-9H2,1-2H3,(H2,19,25)(H2,20,21,22,23). The molecule has 8 nitrogen and oxygen atoms in total. The number of rotatable bonds is 6. The van der Waals surface area contributed by atoms with Gasteiger partial charge in [0.1, 0.15) is 5.82 Å². The van der Waals surface area contributed by atoms with Crippen LogP contribution in [0.3, 0.4) is 0 Å². The molecular formula is C18H28N6O2. The fraction of sp³-hybridized carbons (Fsp3) is 0.667. The molecule has 1 heterocycles. The molecule has 1 aromatic rings. The summed E-state index contributed by atoms with van der Waals surface area (Å²) in [6.07, 6.45) is 8.32. The summed E-state index contributed by atoms with van der Waals surface area (Å²) in [5.74, 6) is 0.741. The minimum absolute atomic E-state index is 0.0832. The molecule has 0 aliphatic heterocycles. The number of carbonyl (C=O) groups is 2. The highest BCUT2D eigenvalue weighted by atomic mass is 16.2. The Morgan fingerprint density at radius 1 is 1.08 bits per heavy atom. The van der Waals surface area contributed by atoms with Crippen LogP contribution in [-0.4, -0.2) is 52.9 Å². The molecule has 1 aromatic heterocycles. The number of primary amides is 1. The van der Waals surface area contributed by atoms with Crippen LogP contribution in [0.1, 0.15) is 55.3 Å². The molecule has 8 heteroatoms. The SMILES string of the molecule is CN(C)C(=O)C1CCC(Nc2nc(NC3CCC3)ncc2C(N)=O)CC1. The molecule has 4 N–H and O–H groups in total. The molecule has 0 bridgehead atoms. The summed E-state index contributed by atoms with van der Waals surface area (Å²) < 4.78 is 0. The van der Waals surface area contributed by atoms with Crippen LogP contribution in [0.15, 0.2) is 6.20 Å². The maximum atomic E-state index is 12.1. The lowest BCUT2D eigenvalue weighted by molar-refractivity contribution is -0.133. The first-order valence-corrected chi connectivity index (χ1v) is 9.35. The van der Waals surface area contributed by atoms with Crippen molar-refractivity contribution >= 4 is 23.6 Å². The van der Waals surface area contributed by atoms with E-state index in [1.165, 1.54) is 12.6 Å². The van der Waals surface area contributed by atoms with Gasteiger partial charge in [-0.3, -0.25) is 9.59 Å². The van der Waals surface area contributed by atoms with E-state index in [1.54, 1.807) is 19.0 Å². The van der Waals surface area contributed by atoms with E-state index in [9.17, 15) is 9.59 Å². The maximum Gasteiger partial charge on any atom is 0.254 e. The van der Waals surface area contributed by atoms with Crippen LogP contribution in [0.5, 0.6) is 0 Å². The van der Waals surface area contributed by atoms with Gasteiger partial charge in [-0.05, 0) is 44.9 Å². The van der Waals surface area contributed by atoms with Crippen LogP contribution in [0, 0.1) is 5.92 Å². The van der Waals surface area contributed by atoms with Crippen LogP contribution in [0.25, 0.3) is 0 Å². The maximum absolute atomic E-state index is 12.1. The summed E-state index contributed by atoms with van der Waals surface area (Å²) in [5.41, 5.74) is 5.78. The van der Waals surface area contributed by atoms with Crippen molar-refractivity contribution < 1.29 is 9.59 Å². The van der Waals surface area contributed by atoms with Crippen molar-refractivity contribution in [2.45, 2.75) is 57.0 Å². The third-order valence-electron chi connectivity index (χ3n) is 5.35. The van der Waals surface area contributed by atoms with Gasteiger partial charge < -0.3 is 21.3 Å². The van der Waals surface area contributed by atoms with E-state index in [-0.39, 0.29) is 17.9 Å². The summed E-state index contributed by atoms with van der Waals surface area (Å²) in [5, 5.41) is 6.64. The molecule has 0 radical (unpaired) electrons. The minimum Gasteiger partial charge on any atom is -0.367 e. The van der Waals surface area contributed by atoms with E-state index in [2.05, 4.69) is 20.6 Å². The average Bonchev–Trinajstić information content (AvgIpc) is 2.58. The normalized spacial score (nSPS) is 23.0. The first kappa shape index (κ1) is 18.4. The number of aromatic nitrogens is 2. The summed E-state index contributed by atoms with van der Waals surface area (Å²) in [6, 6.07) is 0.584. The Bertz CT molecular complexity index is 666. The number of anilines is 2. The Hall–Kier alpha value is -2.38. The van der Waals surface area contributed by atoms with Gasteiger partial charge in [0, 0.05) is 38.3 Å². The van der Waals surface area contributed by atoms with Crippen LogP contribution in [-0.2, 0) is 4.79 Å². The number of nitrogens with one attached hydrogen (secondary N) is 2. The fourth-order valence-corrected chi connectivity index (χ4v) is 3.52. The smallest absolute Gasteiger partial charge is 0.254 e. The lowest BCUT2D eigenvalue weighted by Gasteiger charge is -2.30. The number of carbonyl (C=O) groups excluding carboxylic acids is 2. The largest absolute Gasteiger partial charge is 0.367 e. The van der Waals surface area contributed by atoms with Crippen LogP contribution >= 0.6 is 0 Å². The molecule has 2 aliphatic rings. The van der Waals surface area contributed by atoms with Crippen molar-refractivity contribution in [2.75, 3.05) is 24.7 Å². The first-order chi connectivity index (χ1) is 12.4. The van der Waals surface area contributed by atoms with Crippen molar-refractivity contribution in [3.05, 3.63) is 11.8 Å².